The van der Waals surface area contributed by atoms with E-state index in [1.165, 1.54) is 51.9 Å². The molecule has 10 atom stereocenters. The Labute approximate surface area is 202 Å². The average molecular weight is 457 g/mol. The van der Waals surface area contributed by atoms with Crippen LogP contribution in [0.1, 0.15) is 112 Å². The van der Waals surface area contributed by atoms with Gasteiger partial charge in [0.2, 0.25) is 0 Å². The van der Waals surface area contributed by atoms with E-state index in [2.05, 4.69) is 34.6 Å². The van der Waals surface area contributed by atoms with Crippen molar-refractivity contribution in [3.05, 3.63) is 0 Å². The topological polar surface area (TPSA) is 43.4 Å². The molecular formula is C30H48O3. The second-order valence-electron chi connectivity index (χ2n) is 13.9. The maximum absolute atomic E-state index is 13.9. The van der Waals surface area contributed by atoms with E-state index in [1.807, 2.05) is 0 Å². The van der Waals surface area contributed by atoms with Gasteiger partial charge in [0, 0.05) is 24.7 Å². The van der Waals surface area contributed by atoms with Gasteiger partial charge < -0.3 is 4.74 Å². The Hall–Kier alpha value is -0.860. The highest BCUT2D eigenvalue weighted by molar-refractivity contribution is 5.91. The van der Waals surface area contributed by atoms with Crippen LogP contribution in [0.15, 0.2) is 0 Å². The maximum Gasteiger partial charge on any atom is 0.302 e. The Kier molecular flexibility index (Phi) is 5.85. The Morgan fingerprint density at radius 2 is 1.76 bits per heavy atom. The fourth-order valence-electron chi connectivity index (χ4n) is 10.6. The van der Waals surface area contributed by atoms with Crippen LogP contribution in [0.3, 0.4) is 0 Å². The largest absolute Gasteiger partial charge is 0.462 e. The molecule has 3 heteroatoms. The second kappa shape index (κ2) is 8.09. The average Bonchev–Trinajstić information content (AvgIpc) is 3.40. The number of rotatable bonds is 6. The van der Waals surface area contributed by atoms with Crippen molar-refractivity contribution in [3.8, 4) is 0 Å². The molecule has 33 heavy (non-hydrogen) atoms. The van der Waals surface area contributed by atoms with Gasteiger partial charge in [0.1, 0.15) is 11.9 Å². The molecule has 0 saturated heterocycles. The molecule has 5 rings (SSSR count). The number of hydrogen-bond donors (Lipinski definition) is 0. The molecule has 1 spiro atoms. The Balaban J connectivity index is 1.34. The molecule has 0 aromatic carbocycles. The SMILES string of the molecule is CC(=O)O[C@H]1CC[C@]2(C)[C@H]3CC[C@]4(C)[C@@H]([C@@H](C)CCCC(C)C)CC[C@H]4[C@@H]3CC(=O)[C@@]23C[C@@H]13. The standard InChI is InChI=1S/C30H48O3/c1-18(2)8-7-9-19(3)22-10-11-23-21-16-27(32)30-17-25(30)26(33-20(4)31)13-15-29(30,6)24(21)12-14-28(22,23)5/h18-19,21-26H,7-17H2,1-6H3/t19-,21-,22+,23-,24-,25-,26-,28+,29+,30-/m0/s1. The van der Waals surface area contributed by atoms with Crippen LogP contribution in [-0.2, 0) is 14.3 Å². The lowest BCUT2D eigenvalue weighted by molar-refractivity contribution is -0.172. The van der Waals surface area contributed by atoms with Crippen molar-refractivity contribution in [2.24, 2.45) is 57.7 Å². The zero-order valence-corrected chi connectivity index (χ0v) is 22.1. The first-order chi connectivity index (χ1) is 15.5. The van der Waals surface area contributed by atoms with Crippen LogP contribution >= 0.6 is 0 Å². The molecule has 0 aromatic rings. The molecule has 0 aliphatic heterocycles. The van der Waals surface area contributed by atoms with Crippen molar-refractivity contribution < 1.29 is 14.3 Å². The summed E-state index contributed by atoms with van der Waals surface area (Å²) in [6, 6.07) is 0. The summed E-state index contributed by atoms with van der Waals surface area (Å²) in [5, 5.41) is 0. The monoisotopic (exact) mass is 456 g/mol. The highest BCUT2D eigenvalue weighted by Gasteiger charge is 2.78. The summed E-state index contributed by atoms with van der Waals surface area (Å²) in [5.41, 5.74) is 0.372. The lowest BCUT2D eigenvalue weighted by atomic mass is 9.43. The third-order valence-corrected chi connectivity index (χ3v) is 12.1. The van der Waals surface area contributed by atoms with Crippen molar-refractivity contribution >= 4 is 11.8 Å². The van der Waals surface area contributed by atoms with Gasteiger partial charge in [0.05, 0.1) is 0 Å². The predicted molar refractivity (Wildman–Crippen MR) is 131 cm³/mol. The molecule has 0 unspecified atom stereocenters. The first kappa shape index (κ1) is 23.9. The Morgan fingerprint density at radius 3 is 2.45 bits per heavy atom. The summed E-state index contributed by atoms with van der Waals surface area (Å²) < 4.78 is 5.70. The molecule has 186 valence electrons. The number of Topliss-reactive ketones (excluding diaryl/α,β-unsaturated/α-hetero) is 1. The lowest BCUT2D eigenvalue weighted by Gasteiger charge is -2.61. The maximum atomic E-state index is 13.9. The minimum Gasteiger partial charge on any atom is -0.462 e. The number of fused-ring (bicyclic) bond motifs is 4. The number of hydrogen-bond acceptors (Lipinski definition) is 3. The van der Waals surface area contributed by atoms with Crippen LogP contribution < -0.4 is 0 Å². The van der Waals surface area contributed by atoms with Crippen LogP contribution in [-0.4, -0.2) is 17.9 Å². The first-order valence-electron chi connectivity index (χ1n) is 14.2. The molecule has 0 amide bonds. The van der Waals surface area contributed by atoms with Crippen molar-refractivity contribution in [3.63, 3.8) is 0 Å². The van der Waals surface area contributed by atoms with Crippen molar-refractivity contribution in [2.75, 3.05) is 0 Å². The van der Waals surface area contributed by atoms with Gasteiger partial charge in [-0.2, -0.15) is 0 Å². The van der Waals surface area contributed by atoms with Crippen LogP contribution in [0.25, 0.3) is 0 Å². The first-order valence-corrected chi connectivity index (χ1v) is 14.2. The number of ether oxygens (including phenoxy) is 1. The highest BCUT2D eigenvalue weighted by atomic mass is 16.5. The normalized spacial score (nSPS) is 49.0. The van der Waals surface area contributed by atoms with E-state index in [4.69, 9.17) is 4.74 Å². The number of esters is 1. The third-order valence-electron chi connectivity index (χ3n) is 12.1. The number of carbonyl (C=O) groups is 2. The molecule has 0 N–H and O–H groups in total. The second-order valence-corrected chi connectivity index (χ2v) is 13.9. The highest BCUT2D eigenvalue weighted by Crippen LogP contribution is 2.79. The van der Waals surface area contributed by atoms with Crippen molar-refractivity contribution in [1.29, 1.82) is 0 Å². The Morgan fingerprint density at radius 1 is 1.00 bits per heavy atom. The quantitative estimate of drug-likeness (QED) is 0.396. The van der Waals surface area contributed by atoms with E-state index in [0.29, 0.717) is 29.0 Å². The summed E-state index contributed by atoms with van der Waals surface area (Å²) in [6.45, 7) is 13.8. The fraction of sp³-hybridized carbons (Fsp3) is 0.933. The molecule has 5 aliphatic carbocycles. The van der Waals surface area contributed by atoms with E-state index in [9.17, 15) is 9.59 Å². The van der Waals surface area contributed by atoms with Crippen LogP contribution in [0.4, 0.5) is 0 Å². The van der Waals surface area contributed by atoms with E-state index < -0.39 is 0 Å². The van der Waals surface area contributed by atoms with Gasteiger partial charge in [-0.05, 0) is 91.3 Å². The van der Waals surface area contributed by atoms with Gasteiger partial charge in [-0.1, -0.05) is 53.9 Å². The van der Waals surface area contributed by atoms with Gasteiger partial charge in [-0.15, -0.1) is 0 Å². The van der Waals surface area contributed by atoms with Crippen LogP contribution in [0.2, 0.25) is 0 Å². The van der Waals surface area contributed by atoms with Gasteiger partial charge in [-0.3, -0.25) is 9.59 Å². The van der Waals surface area contributed by atoms with Gasteiger partial charge in [-0.25, -0.2) is 0 Å². The van der Waals surface area contributed by atoms with Crippen LogP contribution in [0.5, 0.6) is 0 Å². The van der Waals surface area contributed by atoms with Gasteiger partial charge >= 0.3 is 5.97 Å². The van der Waals surface area contributed by atoms with Crippen LogP contribution in [0, 0.1) is 57.7 Å². The van der Waals surface area contributed by atoms with Gasteiger partial charge in [0.25, 0.3) is 0 Å². The fourth-order valence-corrected chi connectivity index (χ4v) is 10.6. The lowest BCUT2D eigenvalue weighted by Crippen LogP contribution is -2.58. The van der Waals surface area contributed by atoms with Crippen molar-refractivity contribution in [2.45, 2.75) is 118 Å². The minimum absolute atomic E-state index is 0.0209. The van der Waals surface area contributed by atoms with Gasteiger partial charge in [0.15, 0.2) is 0 Å². The third kappa shape index (κ3) is 3.40. The van der Waals surface area contributed by atoms with E-state index in [1.54, 1.807) is 0 Å². The molecule has 0 aromatic heterocycles. The molecule has 0 radical (unpaired) electrons. The molecule has 0 bridgehead atoms. The summed E-state index contributed by atoms with van der Waals surface area (Å²) in [4.78, 5) is 25.5. The minimum atomic E-state index is -0.181. The summed E-state index contributed by atoms with van der Waals surface area (Å²) >= 11 is 0. The molecular weight excluding hydrogens is 408 g/mol. The molecule has 5 aliphatic rings. The summed E-state index contributed by atoms with van der Waals surface area (Å²) in [5.74, 6) is 5.10. The number of carbonyl (C=O) groups excluding carboxylic acids is 2. The van der Waals surface area contributed by atoms with E-state index >= 15 is 0 Å². The molecule has 3 nitrogen and oxygen atoms in total. The Bertz CT molecular complexity index is 802. The smallest absolute Gasteiger partial charge is 0.302 e. The summed E-state index contributed by atoms with van der Waals surface area (Å²) in [7, 11) is 0. The van der Waals surface area contributed by atoms with E-state index in [-0.39, 0.29) is 22.9 Å². The zero-order valence-electron chi connectivity index (χ0n) is 22.1. The predicted octanol–water partition coefficient (Wildman–Crippen LogP) is 7.22. The molecule has 5 fully saturated rings. The number of ketones is 1. The molecule has 5 saturated carbocycles. The van der Waals surface area contributed by atoms with Crippen molar-refractivity contribution in [1.82, 2.24) is 0 Å². The molecule has 0 heterocycles. The van der Waals surface area contributed by atoms with E-state index in [0.717, 1.165) is 49.4 Å². The zero-order chi connectivity index (χ0) is 23.8. The summed E-state index contributed by atoms with van der Waals surface area (Å²) in [6.07, 6.45) is 13.2.